The number of carbonyl (C=O) groups is 1. The normalized spacial score (nSPS) is 21.2. The lowest BCUT2D eigenvalue weighted by Crippen LogP contribution is -2.35. The Morgan fingerprint density at radius 3 is 3.06 bits per heavy atom. The van der Waals surface area contributed by atoms with Gasteiger partial charge >= 0.3 is 0 Å². The van der Waals surface area contributed by atoms with Crippen LogP contribution in [0.5, 0.6) is 0 Å². The van der Waals surface area contributed by atoms with Gasteiger partial charge in [-0.05, 0) is 25.3 Å². The number of aldehydes is 1. The van der Waals surface area contributed by atoms with Crippen molar-refractivity contribution >= 4 is 6.29 Å². The first-order chi connectivity index (χ1) is 8.19. The average Bonchev–Trinajstić information content (AvgIpc) is 2.89. The minimum Gasteiger partial charge on any atom is -0.298 e. The molecule has 0 N–H and O–H groups in total. The summed E-state index contributed by atoms with van der Waals surface area (Å²) in [5, 5.41) is 7.76. The van der Waals surface area contributed by atoms with Gasteiger partial charge in [0, 0.05) is 12.6 Å². The third-order valence-electron chi connectivity index (χ3n) is 3.17. The Bertz CT molecular complexity index is 374. The molecule has 0 aliphatic carbocycles. The van der Waals surface area contributed by atoms with Crippen LogP contribution < -0.4 is 0 Å². The molecule has 1 aromatic heterocycles. The fourth-order valence-electron chi connectivity index (χ4n) is 2.48. The van der Waals surface area contributed by atoms with E-state index in [1.54, 1.807) is 10.9 Å². The third kappa shape index (κ3) is 3.12. The summed E-state index contributed by atoms with van der Waals surface area (Å²) in [6, 6.07) is 0.540. The number of likely N-dealkylation sites (tertiary alicyclic amines) is 1. The first-order valence-corrected chi connectivity index (χ1v) is 6.28. The van der Waals surface area contributed by atoms with Gasteiger partial charge in [-0.3, -0.25) is 14.4 Å². The van der Waals surface area contributed by atoms with Gasteiger partial charge in [0.05, 0.1) is 12.7 Å². The fourth-order valence-corrected chi connectivity index (χ4v) is 2.48. The van der Waals surface area contributed by atoms with Crippen molar-refractivity contribution in [3.05, 3.63) is 11.9 Å². The number of nitrogens with zero attached hydrogens (tertiary/aromatic N) is 4. The van der Waals surface area contributed by atoms with Crippen molar-refractivity contribution in [3.63, 3.8) is 0 Å². The van der Waals surface area contributed by atoms with E-state index in [0.29, 0.717) is 17.7 Å². The fraction of sp³-hybridized carbons (Fsp3) is 0.750. The number of hydrogen-bond acceptors (Lipinski definition) is 4. The summed E-state index contributed by atoms with van der Waals surface area (Å²) in [6.07, 6.45) is 4.93. The molecule has 0 saturated carbocycles. The summed E-state index contributed by atoms with van der Waals surface area (Å²) < 4.78 is 1.78. The van der Waals surface area contributed by atoms with E-state index in [0.717, 1.165) is 19.4 Å². The molecule has 1 aliphatic rings. The molecule has 94 valence electrons. The van der Waals surface area contributed by atoms with Crippen molar-refractivity contribution in [1.29, 1.82) is 0 Å². The lowest BCUT2D eigenvalue weighted by atomic mass is 10.1. The highest BCUT2D eigenvalue weighted by atomic mass is 16.1. The SMILES string of the molecule is CC(C)CN1CCC[C@H]1Cn1cc(C=O)nn1. The van der Waals surface area contributed by atoms with Crippen molar-refractivity contribution < 1.29 is 4.79 Å². The molecule has 0 unspecified atom stereocenters. The second-order valence-corrected chi connectivity index (χ2v) is 5.17. The quantitative estimate of drug-likeness (QED) is 0.721. The van der Waals surface area contributed by atoms with Gasteiger partial charge in [-0.15, -0.1) is 5.10 Å². The molecule has 0 bridgehead atoms. The Hall–Kier alpha value is -1.23. The zero-order chi connectivity index (χ0) is 12.3. The van der Waals surface area contributed by atoms with Gasteiger partial charge in [0.25, 0.3) is 0 Å². The van der Waals surface area contributed by atoms with Gasteiger partial charge < -0.3 is 0 Å². The van der Waals surface area contributed by atoms with Crippen LogP contribution in [0.3, 0.4) is 0 Å². The van der Waals surface area contributed by atoms with E-state index in [1.165, 1.54) is 19.4 Å². The first-order valence-electron chi connectivity index (χ1n) is 6.28. The molecule has 0 radical (unpaired) electrons. The van der Waals surface area contributed by atoms with Crippen molar-refractivity contribution in [2.75, 3.05) is 13.1 Å². The van der Waals surface area contributed by atoms with Crippen LogP contribution in [-0.4, -0.2) is 45.3 Å². The second-order valence-electron chi connectivity index (χ2n) is 5.17. The Kier molecular flexibility index (Phi) is 3.89. The van der Waals surface area contributed by atoms with Crippen LogP contribution in [0.15, 0.2) is 6.20 Å². The van der Waals surface area contributed by atoms with E-state index < -0.39 is 0 Å². The lowest BCUT2D eigenvalue weighted by molar-refractivity contribution is 0.111. The third-order valence-corrected chi connectivity index (χ3v) is 3.17. The predicted octanol–water partition coefficient (Wildman–Crippen LogP) is 1.21. The molecule has 2 rings (SSSR count). The molecule has 1 aromatic rings. The average molecular weight is 236 g/mol. The van der Waals surface area contributed by atoms with Crippen LogP contribution in [0.1, 0.15) is 37.2 Å². The van der Waals surface area contributed by atoms with Crippen LogP contribution in [-0.2, 0) is 6.54 Å². The Balaban J connectivity index is 1.95. The van der Waals surface area contributed by atoms with Crippen LogP contribution in [0.25, 0.3) is 0 Å². The predicted molar refractivity (Wildman–Crippen MR) is 64.8 cm³/mol. The Morgan fingerprint density at radius 2 is 2.41 bits per heavy atom. The maximum atomic E-state index is 10.5. The topological polar surface area (TPSA) is 51.0 Å². The Labute approximate surface area is 102 Å². The molecule has 0 spiro atoms. The summed E-state index contributed by atoms with van der Waals surface area (Å²) in [7, 11) is 0. The van der Waals surface area contributed by atoms with E-state index in [2.05, 4.69) is 29.1 Å². The largest absolute Gasteiger partial charge is 0.298 e. The molecule has 1 atom stereocenters. The van der Waals surface area contributed by atoms with Gasteiger partial charge in [-0.2, -0.15) is 0 Å². The van der Waals surface area contributed by atoms with Crippen molar-refractivity contribution in [2.24, 2.45) is 5.92 Å². The molecule has 5 heteroatoms. The Morgan fingerprint density at radius 1 is 1.59 bits per heavy atom. The summed E-state index contributed by atoms with van der Waals surface area (Å²) in [5.74, 6) is 0.692. The standard InChI is InChI=1S/C12H20N4O/c1-10(2)6-15-5-3-4-12(15)8-16-7-11(9-17)13-14-16/h7,9-10,12H,3-6,8H2,1-2H3/t12-/m0/s1. The highest BCUT2D eigenvalue weighted by Gasteiger charge is 2.25. The molecule has 2 heterocycles. The monoisotopic (exact) mass is 236 g/mol. The van der Waals surface area contributed by atoms with Crippen molar-refractivity contribution in [1.82, 2.24) is 19.9 Å². The molecule has 1 saturated heterocycles. The van der Waals surface area contributed by atoms with Crippen LogP contribution in [0.2, 0.25) is 0 Å². The van der Waals surface area contributed by atoms with Crippen LogP contribution >= 0.6 is 0 Å². The van der Waals surface area contributed by atoms with Crippen molar-refractivity contribution in [2.45, 2.75) is 39.3 Å². The zero-order valence-corrected chi connectivity index (χ0v) is 10.5. The van der Waals surface area contributed by atoms with E-state index in [-0.39, 0.29) is 0 Å². The molecule has 5 nitrogen and oxygen atoms in total. The van der Waals surface area contributed by atoms with Gasteiger partial charge in [0.15, 0.2) is 6.29 Å². The first kappa shape index (κ1) is 12.2. The minimum absolute atomic E-state index is 0.415. The molecular weight excluding hydrogens is 216 g/mol. The molecular formula is C12H20N4O. The molecule has 0 aromatic carbocycles. The maximum Gasteiger partial charge on any atom is 0.171 e. The minimum atomic E-state index is 0.415. The maximum absolute atomic E-state index is 10.5. The van der Waals surface area contributed by atoms with Gasteiger partial charge in [-0.25, -0.2) is 0 Å². The van der Waals surface area contributed by atoms with Gasteiger partial charge in [0.1, 0.15) is 5.69 Å². The molecule has 1 fully saturated rings. The number of carbonyl (C=O) groups excluding carboxylic acids is 1. The number of hydrogen-bond donors (Lipinski definition) is 0. The van der Waals surface area contributed by atoms with E-state index >= 15 is 0 Å². The van der Waals surface area contributed by atoms with Crippen LogP contribution in [0.4, 0.5) is 0 Å². The number of aromatic nitrogens is 3. The molecule has 17 heavy (non-hydrogen) atoms. The van der Waals surface area contributed by atoms with Gasteiger partial charge in [-0.1, -0.05) is 19.1 Å². The van der Waals surface area contributed by atoms with Gasteiger partial charge in [0.2, 0.25) is 0 Å². The van der Waals surface area contributed by atoms with E-state index in [4.69, 9.17) is 0 Å². The summed E-state index contributed by atoms with van der Waals surface area (Å²) >= 11 is 0. The summed E-state index contributed by atoms with van der Waals surface area (Å²) in [6.45, 7) is 7.65. The number of rotatable bonds is 5. The molecule has 1 aliphatic heterocycles. The summed E-state index contributed by atoms with van der Waals surface area (Å²) in [5.41, 5.74) is 0.415. The van der Waals surface area contributed by atoms with Crippen molar-refractivity contribution in [3.8, 4) is 0 Å². The van der Waals surface area contributed by atoms with E-state index in [1.807, 2.05) is 0 Å². The smallest absolute Gasteiger partial charge is 0.171 e. The zero-order valence-electron chi connectivity index (χ0n) is 10.5. The van der Waals surface area contributed by atoms with E-state index in [9.17, 15) is 4.79 Å². The lowest BCUT2D eigenvalue weighted by Gasteiger charge is -2.25. The summed E-state index contributed by atoms with van der Waals surface area (Å²) in [4.78, 5) is 13.1. The highest BCUT2D eigenvalue weighted by Crippen LogP contribution is 2.19. The molecule has 0 amide bonds. The second kappa shape index (κ2) is 5.40. The van der Waals surface area contributed by atoms with Crippen LogP contribution in [0, 0.1) is 5.92 Å². The highest BCUT2D eigenvalue weighted by molar-refractivity contribution is 5.70.